The lowest BCUT2D eigenvalue weighted by Gasteiger charge is -2.12. The van der Waals surface area contributed by atoms with Crippen molar-refractivity contribution in [3.05, 3.63) is 18.0 Å². The second kappa shape index (κ2) is 4.09. The lowest BCUT2D eigenvalue weighted by Crippen LogP contribution is -2.07. The largest absolute Gasteiger partial charge is 0.489 e. The molecule has 1 aliphatic rings. The minimum Gasteiger partial charge on any atom is -0.489 e. The highest BCUT2D eigenvalue weighted by Crippen LogP contribution is 2.30. The highest BCUT2D eigenvalue weighted by molar-refractivity contribution is 5.34. The first kappa shape index (κ1) is 10.3. The number of rotatable bonds is 4. The Balaban J connectivity index is 2.12. The number of hydrogen-bond donors (Lipinski definition) is 0. The Hall–Kier alpha value is -1.25. The zero-order valence-corrected chi connectivity index (χ0v) is 9.49. The van der Waals surface area contributed by atoms with E-state index < -0.39 is 0 Å². The van der Waals surface area contributed by atoms with E-state index in [0.29, 0.717) is 6.10 Å². The van der Waals surface area contributed by atoms with Crippen molar-refractivity contribution in [3.63, 3.8) is 0 Å². The molecule has 0 spiro atoms. The first-order valence-corrected chi connectivity index (χ1v) is 5.45. The molecule has 1 aliphatic carbocycles. The van der Waals surface area contributed by atoms with Crippen molar-refractivity contribution < 1.29 is 9.47 Å². The van der Waals surface area contributed by atoms with E-state index in [1.165, 1.54) is 0 Å². The van der Waals surface area contributed by atoms with Gasteiger partial charge in [0.25, 0.3) is 0 Å². The molecule has 1 heterocycles. The average Bonchev–Trinajstić information content (AvgIpc) is 2.94. The lowest BCUT2D eigenvalue weighted by molar-refractivity contribution is 0.237. The number of aryl methyl sites for hydroxylation is 1. The molecule has 3 heteroatoms. The van der Waals surface area contributed by atoms with Crippen LogP contribution in [0.4, 0.5) is 0 Å². The smallest absolute Gasteiger partial charge is 0.144 e. The van der Waals surface area contributed by atoms with E-state index in [1.54, 1.807) is 6.20 Å². The predicted molar refractivity (Wildman–Crippen MR) is 58.4 cm³/mol. The maximum Gasteiger partial charge on any atom is 0.144 e. The summed E-state index contributed by atoms with van der Waals surface area (Å²) in [5.41, 5.74) is 0.929. The van der Waals surface area contributed by atoms with Crippen molar-refractivity contribution in [1.82, 2.24) is 4.98 Å². The molecule has 0 saturated heterocycles. The van der Waals surface area contributed by atoms with Crippen molar-refractivity contribution >= 4 is 0 Å². The third kappa shape index (κ3) is 2.85. The molecule has 1 aromatic rings. The van der Waals surface area contributed by atoms with Crippen molar-refractivity contribution in [1.29, 1.82) is 0 Å². The first-order chi connectivity index (χ1) is 7.15. The van der Waals surface area contributed by atoms with Crippen LogP contribution in [0.3, 0.4) is 0 Å². The van der Waals surface area contributed by atoms with Crippen LogP contribution in [-0.2, 0) is 0 Å². The van der Waals surface area contributed by atoms with Crippen molar-refractivity contribution in [2.24, 2.45) is 0 Å². The van der Waals surface area contributed by atoms with Crippen LogP contribution in [0.15, 0.2) is 12.3 Å². The van der Waals surface area contributed by atoms with Gasteiger partial charge < -0.3 is 9.47 Å². The highest BCUT2D eigenvalue weighted by atomic mass is 16.5. The summed E-state index contributed by atoms with van der Waals surface area (Å²) in [4.78, 5) is 4.26. The van der Waals surface area contributed by atoms with Crippen LogP contribution >= 0.6 is 0 Å². The van der Waals surface area contributed by atoms with Crippen LogP contribution in [0.25, 0.3) is 0 Å². The zero-order chi connectivity index (χ0) is 10.8. The summed E-state index contributed by atoms with van der Waals surface area (Å²) >= 11 is 0. The summed E-state index contributed by atoms with van der Waals surface area (Å²) in [6, 6.07) is 1.93. The van der Waals surface area contributed by atoms with Gasteiger partial charge in [-0.05, 0) is 33.6 Å². The van der Waals surface area contributed by atoms with Crippen LogP contribution in [0, 0.1) is 6.92 Å². The normalized spacial score (nSPS) is 15.5. The molecule has 0 aliphatic heterocycles. The minimum atomic E-state index is 0.170. The first-order valence-electron chi connectivity index (χ1n) is 5.45. The minimum absolute atomic E-state index is 0.170. The maximum atomic E-state index is 5.74. The molecule has 0 bridgehead atoms. The zero-order valence-electron chi connectivity index (χ0n) is 9.49. The molecule has 1 fully saturated rings. The van der Waals surface area contributed by atoms with E-state index in [4.69, 9.17) is 9.47 Å². The Morgan fingerprint density at radius 2 is 2.13 bits per heavy atom. The molecule has 1 saturated carbocycles. The van der Waals surface area contributed by atoms with Crippen LogP contribution in [0.5, 0.6) is 11.5 Å². The van der Waals surface area contributed by atoms with Gasteiger partial charge in [0, 0.05) is 6.07 Å². The number of aromatic nitrogens is 1. The number of nitrogens with zero attached hydrogens (tertiary/aromatic N) is 1. The summed E-state index contributed by atoms with van der Waals surface area (Å²) < 4.78 is 11.3. The van der Waals surface area contributed by atoms with Gasteiger partial charge in [0.05, 0.1) is 24.1 Å². The third-order valence-electron chi connectivity index (χ3n) is 2.21. The van der Waals surface area contributed by atoms with E-state index >= 15 is 0 Å². The van der Waals surface area contributed by atoms with Crippen molar-refractivity contribution in [3.8, 4) is 11.5 Å². The Labute approximate surface area is 90.4 Å². The Morgan fingerprint density at radius 3 is 2.73 bits per heavy atom. The van der Waals surface area contributed by atoms with E-state index in [9.17, 15) is 0 Å². The molecule has 82 valence electrons. The third-order valence-corrected chi connectivity index (χ3v) is 2.21. The van der Waals surface area contributed by atoms with Gasteiger partial charge in [0.1, 0.15) is 11.5 Å². The highest BCUT2D eigenvalue weighted by Gasteiger charge is 2.24. The van der Waals surface area contributed by atoms with E-state index in [1.807, 2.05) is 26.8 Å². The van der Waals surface area contributed by atoms with Gasteiger partial charge in [-0.15, -0.1) is 0 Å². The maximum absolute atomic E-state index is 5.74. The number of hydrogen-bond acceptors (Lipinski definition) is 3. The van der Waals surface area contributed by atoms with Gasteiger partial charge >= 0.3 is 0 Å². The summed E-state index contributed by atoms with van der Waals surface area (Å²) in [5.74, 6) is 1.64. The Kier molecular flexibility index (Phi) is 2.80. The van der Waals surface area contributed by atoms with Crippen LogP contribution in [0.1, 0.15) is 32.4 Å². The standard InChI is InChI=1S/C12H17NO2/c1-8(2)14-11-6-12(9(3)13-7-11)15-10-4-5-10/h6-8,10H,4-5H2,1-3H3. The molecule has 0 aromatic carbocycles. The van der Waals surface area contributed by atoms with E-state index in [0.717, 1.165) is 30.0 Å². The molecule has 0 radical (unpaired) electrons. The van der Waals surface area contributed by atoms with E-state index in [-0.39, 0.29) is 6.10 Å². The second-order valence-electron chi connectivity index (χ2n) is 4.24. The molecule has 3 nitrogen and oxygen atoms in total. The predicted octanol–water partition coefficient (Wildman–Crippen LogP) is 2.72. The molecule has 0 N–H and O–H groups in total. The Morgan fingerprint density at radius 1 is 1.40 bits per heavy atom. The lowest BCUT2D eigenvalue weighted by atomic mass is 10.3. The molecule has 15 heavy (non-hydrogen) atoms. The van der Waals surface area contributed by atoms with Crippen molar-refractivity contribution in [2.45, 2.75) is 45.8 Å². The molecule has 0 atom stereocenters. The second-order valence-corrected chi connectivity index (χ2v) is 4.24. The fourth-order valence-electron chi connectivity index (χ4n) is 1.32. The number of pyridine rings is 1. The summed E-state index contributed by atoms with van der Waals surface area (Å²) in [6.07, 6.45) is 4.64. The van der Waals surface area contributed by atoms with Gasteiger partial charge in [-0.1, -0.05) is 0 Å². The summed E-state index contributed by atoms with van der Waals surface area (Å²) in [6.45, 7) is 5.96. The Bertz CT molecular complexity index is 345. The summed E-state index contributed by atoms with van der Waals surface area (Å²) in [7, 11) is 0. The average molecular weight is 207 g/mol. The number of ether oxygens (including phenoxy) is 2. The van der Waals surface area contributed by atoms with Gasteiger partial charge in [0.15, 0.2) is 0 Å². The fraction of sp³-hybridized carbons (Fsp3) is 0.583. The molecule has 2 rings (SSSR count). The molecular formula is C12H17NO2. The quantitative estimate of drug-likeness (QED) is 0.760. The topological polar surface area (TPSA) is 31.4 Å². The fourth-order valence-corrected chi connectivity index (χ4v) is 1.32. The van der Waals surface area contributed by atoms with Gasteiger partial charge in [-0.25, -0.2) is 0 Å². The molecule has 0 unspecified atom stereocenters. The monoisotopic (exact) mass is 207 g/mol. The molecule has 0 amide bonds. The van der Waals surface area contributed by atoms with Crippen LogP contribution < -0.4 is 9.47 Å². The molecule has 1 aromatic heterocycles. The van der Waals surface area contributed by atoms with E-state index in [2.05, 4.69) is 4.98 Å². The van der Waals surface area contributed by atoms with Gasteiger partial charge in [-0.3, -0.25) is 4.98 Å². The summed E-state index contributed by atoms with van der Waals surface area (Å²) in [5, 5.41) is 0. The SMILES string of the molecule is Cc1ncc(OC(C)C)cc1OC1CC1. The van der Waals surface area contributed by atoms with Gasteiger partial charge in [0.2, 0.25) is 0 Å². The van der Waals surface area contributed by atoms with Crippen LogP contribution in [0.2, 0.25) is 0 Å². The van der Waals surface area contributed by atoms with Crippen LogP contribution in [-0.4, -0.2) is 17.2 Å². The molecular weight excluding hydrogens is 190 g/mol. The van der Waals surface area contributed by atoms with Gasteiger partial charge in [-0.2, -0.15) is 0 Å². The van der Waals surface area contributed by atoms with Crippen molar-refractivity contribution in [2.75, 3.05) is 0 Å².